The van der Waals surface area contributed by atoms with Gasteiger partial charge >= 0.3 is 13.6 Å². The normalized spacial score (nSPS) is 15.1. The molecule has 2 unspecified atom stereocenters. The number of nitrogens with two attached hydrogens (primary N) is 1. The minimum atomic E-state index is -4.16. The fourth-order valence-electron chi connectivity index (χ4n) is 1.47. The number of carbonyl (C=O) groups is 1. The standard InChI is InChI=1S/C11H16NO5P/c1-7(18(15,16)17)9-4-2-8(3-5-9)6-10(12)11(13)14/h2-5,7,10H,6,12H2,1H3,(H,13,14)(H2,15,16,17). The van der Waals surface area contributed by atoms with E-state index in [1.807, 2.05) is 0 Å². The molecular formula is C11H16NO5P. The van der Waals surface area contributed by atoms with Crippen molar-refractivity contribution in [3.63, 3.8) is 0 Å². The number of carboxylic acid groups (broad SMARTS) is 1. The number of hydrogen-bond acceptors (Lipinski definition) is 3. The van der Waals surface area contributed by atoms with Gasteiger partial charge in [0.25, 0.3) is 0 Å². The van der Waals surface area contributed by atoms with Crippen LogP contribution in [0.1, 0.15) is 23.7 Å². The van der Waals surface area contributed by atoms with E-state index in [-0.39, 0.29) is 6.42 Å². The van der Waals surface area contributed by atoms with Gasteiger partial charge in [-0.3, -0.25) is 9.36 Å². The summed E-state index contributed by atoms with van der Waals surface area (Å²) in [5.41, 5.74) is 5.74. The first-order chi connectivity index (χ1) is 8.21. The Hall–Kier alpha value is -1.20. The summed E-state index contributed by atoms with van der Waals surface area (Å²) in [7, 11) is -4.16. The van der Waals surface area contributed by atoms with Crippen molar-refractivity contribution >= 4 is 13.6 Å². The van der Waals surface area contributed by atoms with Crippen LogP contribution in [-0.4, -0.2) is 26.9 Å². The average molecular weight is 273 g/mol. The molecule has 0 heterocycles. The molecule has 0 fully saturated rings. The molecule has 6 nitrogen and oxygen atoms in total. The van der Waals surface area contributed by atoms with Crippen molar-refractivity contribution in [2.75, 3.05) is 0 Å². The van der Waals surface area contributed by atoms with Crippen LogP contribution >= 0.6 is 7.60 Å². The Kier molecular flexibility index (Phi) is 4.65. The first-order valence-corrected chi connectivity index (χ1v) is 7.02. The molecular weight excluding hydrogens is 257 g/mol. The van der Waals surface area contributed by atoms with Crippen LogP contribution < -0.4 is 5.73 Å². The van der Waals surface area contributed by atoms with Crippen molar-refractivity contribution in [2.45, 2.75) is 25.0 Å². The Morgan fingerprint density at radius 1 is 1.33 bits per heavy atom. The van der Waals surface area contributed by atoms with E-state index in [2.05, 4.69) is 0 Å². The van der Waals surface area contributed by atoms with Gasteiger partial charge in [-0.1, -0.05) is 24.3 Å². The van der Waals surface area contributed by atoms with Crippen molar-refractivity contribution < 1.29 is 24.3 Å². The molecule has 1 aromatic carbocycles. The first kappa shape index (κ1) is 14.9. The lowest BCUT2D eigenvalue weighted by Crippen LogP contribution is -2.32. The van der Waals surface area contributed by atoms with E-state index in [0.29, 0.717) is 11.1 Å². The van der Waals surface area contributed by atoms with Crippen LogP contribution in [0.15, 0.2) is 24.3 Å². The maximum absolute atomic E-state index is 11.1. The first-order valence-electron chi connectivity index (χ1n) is 5.34. The molecule has 5 N–H and O–H groups in total. The minimum Gasteiger partial charge on any atom is -0.480 e. The van der Waals surface area contributed by atoms with E-state index in [9.17, 15) is 9.36 Å². The lowest BCUT2D eigenvalue weighted by atomic mass is 10.0. The molecule has 0 bridgehead atoms. The fourth-order valence-corrected chi connectivity index (χ4v) is 2.03. The second-order valence-electron chi connectivity index (χ2n) is 4.16. The lowest BCUT2D eigenvalue weighted by Gasteiger charge is -2.14. The van der Waals surface area contributed by atoms with Crippen LogP contribution in [0.25, 0.3) is 0 Å². The summed E-state index contributed by atoms with van der Waals surface area (Å²) in [5, 5.41) is 8.66. The zero-order valence-corrected chi connectivity index (χ0v) is 10.7. The van der Waals surface area contributed by atoms with E-state index in [4.69, 9.17) is 20.6 Å². The third-order valence-electron chi connectivity index (χ3n) is 2.74. The van der Waals surface area contributed by atoms with Crippen LogP contribution in [0.5, 0.6) is 0 Å². The van der Waals surface area contributed by atoms with Crippen molar-refractivity contribution in [1.82, 2.24) is 0 Å². The highest BCUT2D eigenvalue weighted by Gasteiger charge is 2.25. The average Bonchev–Trinajstić information content (AvgIpc) is 2.27. The fraction of sp³-hybridized carbons (Fsp3) is 0.364. The van der Waals surface area contributed by atoms with Gasteiger partial charge < -0.3 is 20.6 Å². The van der Waals surface area contributed by atoms with Crippen molar-refractivity contribution in [2.24, 2.45) is 5.73 Å². The van der Waals surface area contributed by atoms with Gasteiger partial charge in [-0.05, 0) is 24.5 Å². The lowest BCUT2D eigenvalue weighted by molar-refractivity contribution is -0.138. The molecule has 0 spiro atoms. The van der Waals surface area contributed by atoms with E-state index in [1.54, 1.807) is 24.3 Å². The minimum absolute atomic E-state index is 0.180. The van der Waals surface area contributed by atoms with E-state index in [1.165, 1.54) is 6.92 Å². The monoisotopic (exact) mass is 273 g/mol. The van der Waals surface area contributed by atoms with Gasteiger partial charge in [-0.15, -0.1) is 0 Å². The Morgan fingerprint density at radius 3 is 2.22 bits per heavy atom. The predicted molar refractivity (Wildman–Crippen MR) is 66.2 cm³/mol. The molecule has 2 atom stereocenters. The number of carboxylic acids is 1. The van der Waals surface area contributed by atoms with Crippen LogP contribution in [0.3, 0.4) is 0 Å². The summed E-state index contributed by atoms with van der Waals surface area (Å²) in [6.45, 7) is 1.44. The van der Waals surface area contributed by atoms with Crippen molar-refractivity contribution in [1.29, 1.82) is 0 Å². The molecule has 0 aromatic heterocycles. The molecule has 1 rings (SSSR count). The Morgan fingerprint density at radius 2 is 1.83 bits per heavy atom. The summed E-state index contributed by atoms with van der Waals surface area (Å²) >= 11 is 0. The molecule has 18 heavy (non-hydrogen) atoms. The van der Waals surface area contributed by atoms with Crippen molar-refractivity contribution in [3.05, 3.63) is 35.4 Å². The largest absolute Gasteiger partial charge is 0.480 e. The molecule has 7 heteroatoms. The highest BCUT2D eigenvalue weighted by Crippen LogP contribution is 2.51. The van der Waals surface area contributed by atoms with Gasteiger partial charge in [-0.25, -0.2) is 0 Å². The zero-order valence-electron chi connectivity index (χ0n) is 9.85. The van der Waals surface area contributed by atoms with Gasteiger partial charge in [0.15, 0.2) is 0 Å². The number of rotatable bonds is 5. The maximum Gasteiger partial charge on any atom is 0.332 e. The molecule has 0 radical (unpaired) electrons. The third-order valence-corrected chi connectivity index (χ3v) is 4.05. The Labute approximate surface area is 105 Å². The highest BCUT2D eigenvalue weighted by molar-refractivity contribution is 7.52. The number of benzene rings is 1. The van der Waals surface area contributed by atoms with E-state index in [0.717, 1.165) is 0 Å². The molecule has 0 saturated carbocycles. The Bertz CT molecular complexity index is 467. The maximum atomic E-state index is 11.1. The third kappa shape index (κ3) is 3.92. The quantitative estimate of drug-likeness (QED) is 0.591. The molecule has 1 aromatic rings. The Balaban J connectivity index is 2.81. The summed E-state index contributed by atoms with van der Waals surface area (Å²) < 4.78 is 11.1. The van der Waals surface area contributed by atoms with Gasteiger partial charge in [0.2, 0.25) is 0 Å². The molecule has 0 amide bonds. The van der Waals surface area contributed by atoms with Crippen LogP contribution in [0.4, 0.5) is 0 Å². The second-order valence-corrected chi connectivity index (χ2v) is 6.11. The van der Waals surface area contributed by atoms with Crippen LogP contribution in [0, 0.1) is 0 Å². The molecule has 0 aliphatic rings. The molecule has 100 valence electrons. The number of hydrogen-bond donors (Lipinski definition) is 4. The molecule has 0 aliphatic carbocycles. The van der Waals surface area contributed by atoms with Crippen molar-refractivity contribution in [3.8, 4) is 0 Å². The second kappa shape index (κ2) is 5.63. The predicted octanol–water partition coefficient (Wildman–Crippen LogP) is 0.880. The van der Waals surface area contributed by atoms with Gasteiger partial charge in [0.05, 0.1) is 5.66 Å². The smallest absolute Gasteiger partial charge is 0.332 e. The zero-order chi connectivity index (χ0) is 13.9. The van der Waals surface area contributed by atoms with Crippen LogP contribution in [0.2, 0.25) is 0 Å². The molecule has 0 aliphatic heterocycles. The highest BCUT2D eigenvalue weighted by atomic mass is 31.2. The van der Waals surface area contributed by atoms with E-state index >= 15 is 0 Å². The summed E-state index contributed by atoms with van der Waals surface area (Å²) in [5.74, 6) is -1.08. The van der Waals surface area contributed by atoms with Gasteiger partial charge in [0, 0.05) is 0 Å². The number of aliphatic carboxylic acids is 1. The summed E-state index contributed by atoms with van der Waals surface area (Å²) in [6, 6.07) is 5.44. The topological polar surface area (TPSA) is 121 Å². The SMILES string of the molecule is CC(c1ccc(CC(N)C(=O)O)cc1)P(=O)(O)O. The van der Waals surface area contributed by atoms with Gasteiger partial charge in [0.1, 0.15) is 6.04 Å². The van der Waals surface area contributed by atoms with Gasteiger partial charge in [-0.2, -0.15) is 0 Å². The van der Waals surface area contributed by atoms with Crippen LogP contribution in [-0.2, 0) is 15.8 Å². The molecule has 0 saturated heterocycles. The van der Waals surface area contributed by atoms with E-state index < -0.39 is 25.3 Å². The summed E-state index contributed by atoms with van der Waals surface area (Å²) in [6.07, 6.45) is 0.180. The summed E-state index contributed by atoms with van der Waals surface area (Å²) in [4.78, 5) is 28.7.